The molecule has 0 aromatic heterocycles. The van der Waals surface area contributed by atoms with Crippen LogP contribution >= 0.6 is 0 Å². The van der Waals surface area contributed by atoms with E-state index >= 15 is 0 Å². The Labute approximate surface area is 99.5 Å². The van der Waals surface area contributed by atoms with Crippen LogP contribution < -0.4 is 0 Å². The number of hydrogen-bond donors (Lipinski definition) is 3. The normalized spacial score (nSPS) is 11.2. The van der Waals surface area contributed by atoms with Gasteiger partial charge in [-0.25, -0.2) is 0 Å². The first-order valence-electron chi connectivity index (χ1n) is 6.67. The fraction of sp³-hybridized carbons (Fsp3) is 1.00. The van der Waals surface area contributed by atoms with Crippen LogP contribution in [0, 0.1) is 5.92 Å². The third-order valence-corrected chi connectivity index (χ3v) is 3.04. The van der Waals surface area contributed by atoms with Crippen molar-refractivity contribution < 1.29 is 15.3 Å². The number of aliphatic hydroxyl groups is 3. The van der Waals surface area contributed by atoms with Gasteiger partial charge in [-0.3, -0.25) is 0 Å². The van der Waals surface area contributed by atoms with Crippen molar-refractivity contribution >= 4 is 0 Å². The third kappa shape index (κ3) is 10.4. The highest BCUT2D eigenvalue weighted by Crippen LogP contribution is 2.12. The second-order valence-electron chi connectivity index (χ2n) is 4.57. The Morgan fingerprint density at radius 3 is 1.44 bits per heavy atom. The summed E-state index contributed by atoms with van der Waals surface area (Å²) >= 11 is 0. The van der Waals surface area contributed by atoms with Crippen molar-refractivity contribution in [2.45, 2.75) is 57.8 Å². The zero-order valence-electron chi connectivity index (χ0n) is 10.4. The first-order valence-corrected chi connectivity index (χ1v) is 6.67. The summed E-state index contributed by atoms with van der Waals surface area (Å²) in [5.74, 6) is 0.0876. The van der Waals surface area contributed by atoms with Gasteiger partial charge in [0.1, 0.15) is 0 Å². The number of aliphatic hydroxyl groups excluding tert-OH is 3. The molecule has 0 unspecified atom stereocenters. The SMILES string of the molecule is OCCCCCCCCCCC(CO)CO. The zero-order valence-corrected chi connectivity index (χ0v) is 10.4. The number of hydrogen-bond acceptors (Lipinski definition) is 3. The van der Waals surface area contributed by atoms with E-state index in [9.17, 15) is 0 Å². The number of rotatable bonds is 12. The molecule has 0 heterocycles. The average Bonchev–Trinajstić information content (AvgIpc) is 2.32. The highest BCUT2D eigenvalue weighted by Gasteiger charge is 2.04. The molecule has 16 heavy (non-hydrogen) atoms. The molecule has 0 bridgehead atoms. The summed E-state index contributed by atoms with van der Waals surface area (Å²) < 4.78 is 0. The molecule has 0 aliphatic carbocycles. The summed E-state index contributed by atoms with van der Waals surface area (Å²) in [5.41, 5.74) is 0. The van der Waals surface area contributed by atoms with Crippen molar-refractivity contribution in [1.29, 1.82) is 0 Å². The van der Waals surface area contributed by atoms with Crippen LogP contribution in [0.5, 0.6) is 0 Å². The van der Waals surface area contributed by atoms with Crippen LogP contribution in [0.15, 0.2) is 0 Å². The Kier molecular flexibility index (Phi) is 12.9. The summed E-state index contributed by atoms with van der Waals surface area (Å²) in [5, 5.41) is 26.3. The zero-order chi connectivity index (χ0) is 12.1. The molecule has 3 heteroatoms. The smallest absolute Gasteiger partial charge is 0.0481 e. The molecule has 0 aromatic rings. The highest BCUT2D eigenvalue weighted by molar-refractivity contribution is 4.56. The lowest BCUT2D eigenvalue weighted by atomic mass is 10.0. The molecule has 0 spiro atoms. The molecule has 3 N–H and O–H groups in total. The highest BCUT2D eigenvalue weighted by atomic mass is 16.3. The molecule has 0 aliphatic rings. The molecule has 0 radical (unpaired) electrons. The Morgan fingerprint density at radius 1 is 0.562 bits per heavy atom. The Morgan fingerprint density at radius 2 is 1.00 bits per heavy atom. The van der Waals surface area contributed by atoms with Crippen molar-refractivity contribution in [2.75, 3.05) is 19.8 Å². The van der Waals surface area contributed by atoms with E-state index in [0.717, 1.165) is 25.7 Å². The van der Waals surface area contributed by atoms with Crippen LogP contribution in [-0.2, 0) is 0 Å². The standard InChI is InChI=1S/C13H28O3/c14-10-8-6-4-2-1-3-5-7-9-13(11-15)12-16/h13-16H,1-12H2. The Hall–Kier alpha value is -0.120. The molecule has 0 atom stereocenters. The molecule has 0 saturated heterocycles. The van der Waals surface area contributed by atoms with E-state index < -0.39 is 0 Å². The van der Waals surface area contributed by atoms with E-state index in [1.54, 1.807) is 0 Å². The van der Waals surface area contributed by atoms with Crippen molar-refractivity contribution in [1.82, 2.24) is 0 Å². The van der Waals surface area contributed by atoms with Crippen LogP contribution in [0.4, 0.5) is 0 Å². The third-order valence-electron chi connectivity index (χ3n) is 3.04. The van der Waals surface area contributed by atoms with E-state index in [-0.39, 0.29) is 19.1 Å². The second kappa shape index (κ2) is 12.9. The monoisotopic (exact) mass is 232 g/mol. The second-order valence-corrected chi connectivity index (χ2v) is 4.57. The van der Waals surface area contributed by atoms with Gasteiger partial charge in [0, 0.05) is 25.7 Å². The largest absolute Gasteiger partial charge is 0.396 e. The van der Waals surface area contributed by atoms with E-state index in [4.69, 9.17) is 15.3 Å². The van der Waals surface area contributed by atoms with Crippen LogP contribution in [0.3, 0.4) is 0 Å². The minimum absolute atomic E-state index is 0.0876. The van der Waals surface area contributed by atoms with Crippen molar-refractivity contribution in [3.05, 3.63) is 0 Å². The lowest BCUT2D eigenvalue weighted by Gasteiger charge is -2.09. The maximum absolute atomic E-state index is 8.87. The Balaban J connectivity index is 3.03. The molecule has 98 valence electrons. The summed E-state index contributed by atoms with van der Waals surface area (Å²) in [6.07, 6.45) is 10.4. The summed E-state index contributed by atoms with van der Waals surface area (Å²) in [4.78, 5) is 0. The predicted molar refractivity (Wildman–Crippen MR) is 66.3 cm³/mol. The van der Waals surface area contributed by atoms with Crippen molar-refractivity contribution in [2.24, 2.45) is 5.92 Å². The average molecular weight is 232 g/mol. The lowest BCUT2D eigenvalue weighted by Crippen LogP contribution is -2.10. The van der Waals surface area contributed by atoms with Gasteiger partial charge in [0.2, 0.25) is 0 Å². The molecule has 0 rings (SSSR count). The van der Waals surface area contributed by atoms with Gasteiger partial charge in [-0.2, -0.15) is 0 Å². The van der Waals surface area contributed by atoms with Crippen molar-refractivity contribution in [3.63, 3.8) is 0 Å². The van der Waals surface area contributed by atoms with E-state index in [2.05, 4.69) is 0 Å². The molecule has 0 amide bonds. The lowest BCUT2D eigenvalue weighted by molar-refractivity contribution is 0.141. The summed E-state index contributed by atoms with van der Waals surface area (Å²) in [7, 11) is 0. The van der Waals surface area contributed by atoms with Gasteiger partial charge >= 0.3 is 0 Å². The van der Waals surface area contributed by atoms with Crippen LogP contribution in [0.25, 0.3) is 0 Å². The molecule has 0 fully saturated rings. The van der Waals surface area contributed by atoms with Crippen LogP contribution in [0.2, 0.25) is 0 Å². The maximum atomic E-state index is 8.87. The quantitative estimate of drug-likeness (QED) is 0.452. The fourth-order valence-corrected chi connectivity index (χ4v) is 1.85. The van der Waals surface area contributed by atoms with E-state index in [0.29, 0.717) is 6.61 Å². The van der Waals surface area contributed by atoms with Gasteiger partial charge in [-0.15, -0.1) is 0 Å². The minimum atomic E-state index is 0.0876. The maximum Gasteiger partial charge on any atom is 0.0481 e. The molecule has 0 aromatic carbocycles. The molecular weight excluding hydrogens is 204 g/mol. The van der Waals surface area contributed by atoms with Crippen LogP contribution in [0.1, 0.15) is 57.8 Å². The van der Waals surface area contributed by atoms with Crippen LogP contribution in [-0.4, -0.2) is 35.1 Å². The summed E-state index contributed by atoms with van der Waals surface area (Å²) in [6, 6.07) is 0. The topological polar surface area (TPSA) is 60.7 Å². The minimum Gasteiger partial charge on any atom is -0.396 e. The number of unbranched alkanes of at least 4 members (excludes halogenated alkanes) is 7. The fourth-order valence-electron chi connectivity index (χ4n) is 1.85. The Bertz CT molecular complexity index is 124. The molecular formula is C13H28O3. The van der Waals surface area contributed by atoms with E-state index in [1.165, 1.54) is 32.1 Å². The van der Waals surface area contributed by atoms with Gasteiger partial charge in [-0.1, -0.05) is 44.9 Å². The van der Waals surface area contributed by atoms with E-state index in [1.807, 2.05) is 0 Å². The summed E-state index contributed by atoms with van der Waals surface area (Å²) in [6.45, 7) is 0.541. The van der Waals surface area contributed by atoms with Crippen molar-refractivity contribution in [3.8, 4) is 0 Å². The van der Waals surface area contributed by atoms with Gasteiger partial charge in [0.05, 0.1) is 0 Å². The molecule has 3 nitrogen and oxygen atoms in total. The van der Waals surface area contributed by atoms with Gasteiger partial charge in [-0.05, 0) is 12.8 Å². The molecule has 0 saturated carbocycles. The molecule has 0 aliphatic heterocycles. The van der Waals surface area contributed by atoms with Gasteiger partial charge in [0.15, 0.2) is 0 Å². The van der Waals surface area contributed by atoms with Gasteiger partial charge < -0.3 is 15.3 Å². The van der Waals surface area contributed by atoms with Gasteiger partial charge in [0.25, 0.3) is 0 Å². The first kappa shape index (κ1) is 15.9. The first-order chi connectivity index (χ1) is 7.85. The predicted octanol–water partition coefficient (Wildman–Crippen LogP) is 2.09.